The minimum atomic E-state index is -2.36. The quantitative estimate of drug-likeness (QED) is 0.856. The number of nitrogens with two attached hydrogens (primary N) is 1. The van der Waals surface area contributed by atoms with Crippen LogP contribution in [0.25, 0.3) is 10.8 Å². The van der Waals surface area contributed by atoms with Gasteiger partial charge >= 0.3 is 0 Å². The summed E-state index contributed by atoms with van der Waals surface area (Å²) in [6.45, 7) is -0.0419. The minimum absolute atomic E-state index is 0.233. The lowest BCUT2D eigenvalue weighted by Crippen LogP contribution is -2.31. The maximum Gasteiger partial charge on any atom is 0.250 e. The molecule has 0 saturated heterocycles. The van der Waals surface area contributed by atoms with Crippen LogP contribution in [0.4, 0.5) is 8.78 Å². The second kappa shape index (κ2) is 5.89. The summed E-state index contributed by atoms with van der Waals surface area (Å²) >= 11 is 0. The van der Waals surface area contributed by atoms with E-state index in [1.54, 1.807) is 0 Å². The van der Waals surface area contributed by atoms with E-state index in [4.69, 9.17) is 5.73 Å². The molecule has 2 aromatic rings. The van der Waals surface area contributed by atoms with Crippen LogP contribution in [0.5, 0.6) is 0 Å². The van der Waals surface area contributed by atoms with Crippen LogP contribution < -0.4 is 11.1 Å². The van der Waals surface area contributed by atoms with E-state index < -0.39 is 6.43 Å². The smallest absolute Gasteiger partial charge is 0.250 e. The number of hydrogen-bond donors (Lipinski definition) is 2. The zero-order chi connectivity index (χ0) is 13.0. The summed E-state index contributed by atoms with van der Waals surface area (Å²) in [6.07, 6.45) is -2.36. The second-order valence-corrected chi connectivity index (χ2v) is 4.19. The van der Waals surface area contributed by atoms with Gasteiger partial charge in [0, 0.05) is 12.6 Å². The Labute approximate surface area is 105 Å². The summed E-state index contributed by atoms with van der Waals surface area (Å²) in [5.74, 6) is 0. The number of rotatable bonds is 5. The van der Waals surface area contributed by atoms with Gasteiger partial charge in [-0.05, 0) is 22.4 Å². The van der Waals surface area contributed by atoms with Crippen LogP contribution >= 0.6 is 0 Å². The molecule has 0 aliphatic rings. The van der Waals surface area contributed by atoms with Crippen molar-refractivity contribution in [1.82, 2.24) is 5.32 Å². The summed E-state index contributed by atoms with van der Waals surface area (Å²) in [4.78, 5) is 0. The molecule has 0 spiro atoms. The highest BCUT2D eigenvalue weighted by molar-refractivity contribution is 5.83. The molecule has 96 valence electrons. The number of fused-ring (bicyclic) bond motifs is 1. The van der Waals surface area contributed by atoms with Crippen molar-refractivity contribution >= 4 is 10.8 Å². The van der Waals surface area contributed by atoms with Crippen LogP contribution in [0.1, 0.15) is 11.6 Å². The van der Waals surface area contributed by atoms with E-state index >= 15 is 0 Å². The standard InChI is InChI=1S/C14H16F2N2/c15-14(16)9-18-13(8-17)12-6-5-10-3-1-2-4-11(10)7-12/h1-7,13-14,18H,8-9,17H2. The summed E-state index contributed by atoms with van der Waals surface area (Å²) < 4.78 is 24.4. The van der Waals surface area contributed by atoms with Crippen molar-refractivity contribution in [3.63, 3.8) is 0 Å². The van der Waals surface area contributed by atoms with Gasteiger partial charge in [0.15, 0.2) is 0 Å². The Hall–Kier alpha value is -1.52. The maximum atomic E-state index is 12.2. The Bertz CT molecular complexity index is 514. The van der Waals surface area contributed by atoms with Gasteiger partial charge in [-0.1, -0.05) is 36.4 Å². The number of benzene rings is 2. The van der Waals surface area contributed by atoms with Crippen molar-refractivity contribution in [2.75, 3.05) is 13.1 Å². The SMILES string of the molecule is NCC(NCC(F)F)c1ccc2ccccc2c1. The molecule has 0 radical (unpaired) electrons. The average Bonchev–Trinajstić information content (AvgIpc) is 2.39. The molecule has 0 heterocycles. The molecule has 0 aromatic heterocycles. The Morgan fingerprint density at radius 2 is 1.78 bits per heavy atom. The van der Waals surface area contributed by atoms with Crippen LogP contribution in [-0.4, -0.2) is 19.5 Å². The molecule has 3 N–H and O–H groups in total. The summed E-state index contributed by atoms with van der Waals surface area (Å²) in [6, 6.07) is 13.6. The molecule has 2 rings (SSSR count). The van der Waals surface area contributed by atoms with Crippen molar-refractivity contribution in [1.29, 1.82) is 0 Å². The van der Waals surface area contributed by atoms with E-state index in [-0.39, 0.29) is 12.6 Å². The molecule has 18 heavy (non-hydrogen) atoms. The van der Waals surface area contributed by atoms with Crippen molar-refractivity contribution in [2.45, 2.75) is 12.5 Å². The molecule has 0 amide bonds. The fourth-order valence-electron chi connectivity index (χ4n) is 1.99. The zero-order valence-corrected chi connectivity index (χ0v) is 9.94. The van der Waals surface area contributed by atoms with Gasteiger partial charge in [-0.2, -0.15) is 0 Å². The Kier molecular flexibility index (Phi) is 4.23. The van der Waals surface area contributed by atoms with Gasteiger partial charge in [0.05, 0.1) is 6.54 Å². The first-order valence-electron chi connectivity index (χ1n) is 5.91. The van der Waals surface area contributed by atoms with E-state index in [9.17, 15) is 8.78 Å². The molecular formula is C14H16F2N2. The van der Waals surface area contributed by atoms with E-state index in [1.165, 1.54) is 0 Å². The number of nitrogens with one attached hydrogen (secondary N) is 1. The van der Waals surface area contributed by atoms with E-state index in [0.29, 0.717) is 6.54 Å². The van der Waals surface area contributed by atoms with Gasteiger partial charge in [-0.15, -0.1) is 0 Å². The van der Waals surface area contributed by atoms with Gasteiger partial charge in [0.1, 0.15) is 0 Å². The first-order chi connectivity index (χ1) is 8.70. The fraction of sp³-hybridized carbons (Fsp3) is 0.286. The molecule has 0 fully saturated rings. The number of halogens is 2. The summed E-state index contributed by atoms with van der Waals surface area (Å²) in [5.41, 5.74) is 6.57. The Balaban J connectivity index is 2.22. The van der Waals surface area contributed by atoms with Crippen LogP contribution in [-0.2, 0) is 0 Å². The third-order valence-electron chi connectivity index (χ3n) is 2.93. The number of alkyl halides is 2. The van der Waals surface area contributed by atoms with Crippen molar-refractivity contribution in [3.8, 4) is 0 Å². The monoisotopic (exact) mass is 250 g/mol. The Morgan fingerprint density at radius 1 is 1.06 bits per heavy atom. The fourth-order valence-corrected chi connectivity index (χ4v) is 1.99. The zero-order valence-electron chi connectivity index (χ0n) is 9.94. The van der Waals surface area contributed by atoms with Gasteiger partial charge < -0.3 is 11.1 Å². The third kappa shape index (κ3) is 3.03. The lowest BCUT2D eigenvalue weighted by Gasteiger charge is -2.17. The first kappa shape index (κ1) is 12.9. The molecule has 1 atom stereocenters. The molecule has 0 aliphatic heterocycles. The Morgan fingerprint density at radius 3 is 2.44 bits per heavy atom. The summed E-state index contributed by atoms with van der Waals surface area (Å²) in [7, 11) is 0. The highest BCUT2D eigenvalue weighted by atomic mass is 19.3. The molecule has 0 aliphatic carbocycles. The molecule has 1 unspecified atom stereocenters. The van der Waals surface area contributed by atoms with E-state index in [0.717, 1.165) is 16.3 Å². The van der Waals surface area contributed by atoms with Gasteiger partial charge in [-0.3, -0.25) is 0 Å². The predicted molar refractivity (Wildman–Crippen MR) is 69.8 cm³/mol. The third-order valence-corrected chi connectivity index (χ3v) is 2.93. The topological polar surface area (TPSA) is 38.0 Å². The van der Waals surface area contributed by atoms with Crippen LogP contribution in [0.2, 0.25) is 0 Å². The first-order valence-corrected chi connectivity index (χ1v) is 5.91. The molecule has 4 heteroatoms. The second-order valence-electron chi connectivity index (χ2n) is 4.19. The van der Waals surface area contributed by atoms with Crippen molar-refractivity contribution in [2.24, 2.45) is 5.73 Å². The molecule has 0 saturated carbocycles. The largest absolute Gasteiger partial charge is 0.329 e. The lowest BCUT2D eigenvalue weighted by molar-refractivity contribution is 0.141. The minimum Gasteiger partial charge on any atom is -0.329 e. The molecule has 2 aromatic carbocycles. The highest BCUT2D eigenvalue weighted by Crippen LogP contribution is 2.20. The number of hydrogen-bond acceptors (Lipinski definition) is 2. The van der Waals surface area contributed by atoms with E-state index in [2.05, 4.69) is 5.32 Å². The summed E-state index contributed by atoms with van der Waals surface area (Å²) in [5, 5.41) is 5.00. The van der Waals surface area contributed by atoms with Crippen LogP contribution in [0, 0.1) is 0 Å². The van der Waals surface area contributed by atoms with Gasteiger partial charge in [-0.25, -0.2) is 8.78 Å². The van der Waals surface area contributed by atoms with Crippen LogP contribution in [0.3, 0.4) is 0 Å². The normalized spacial score (nSPS) is 13.1. The highest BCUT2D eigenvalue weighted by Gasteiger charge is 2.12. The molecule has 0 bridgehead atoms. The average molecular weight is 250 g/mol. The van der Waals surface area contributed by atoms with Crippen molar-refractivity contribution < 1.29 is 8.78 Å². The van der Waals surface area contributed by atoms with Gasteiger partial charge in [0.25, 0.3) is 6.43 Å². The maximum absolute atomic E-state index is 12.2. The molecular weight excluding hydrogens is 234 g/mol. The van der Waals surface area contributed by atoms with E-state index in [1.807, 2.05) is 42.5 Å². The lowest BCUT2D eigenvalue weighted by atomic mass is 10.0. The van der Waals surface area contributed by atoms with Crippen molar-refractivity contribution in [3.05, 3.63) is 48.0 Å². The van der Waals surface area contributed by atoms with Gasteiger partial charge in [0.2, 0.25) is 0 Å². The predicted octanol–water partition coefficient (Wildman–Crippen LogP) is 2.69. The van der Waals surface area contributed by atoms with Crippen LogP contribution in [0.15, 0.2) is 42.5 Å². The molecule has 2 nitrogen and oxygen atoms in total.